The van der Waals surface area contributed by atoms with E-state index in [9.17, 15) is 0 Å². The topological polar surface area (TPSA) is 19.0 Å². The predicted molar refractivity (Wildman–Crippen MR) is 107 cm³/mol. The highest BCUT2D eigenvalue weighted by Gasteiger charge is 2.28. The van der Waals surface area contributed by atoms with Crippen LogP contribution in [0.25, 0.3) is 0 Å². The van der Waals surface area contributed by atoms with Crippen LogP contribution in [-0.4, -0.2) is 73.2 Å². The van der Waals surface area contributed by atoms with Crippen molar-refractivity contribution in [3.05, 3.63) is 29.8 Å². The molecule has 4 nitrogen and oxygen atoms in total. The maximum Gasteiger partial charge on any atom is 0.123 e. The number of para-hydroxylation sites is 1. The fraction of sp³-hybridized carbons (Fsp3) is 0.727. The van der Waals surface area contributed by atoms with Gasteiger partial charge in [-0.15, -0.1) is 0 Å². The monoisotopic (exact) mass is 357 g/mol. The minimum atomic E-state index is 0.782. The number of benzene rings is 1. The number of fused-ring (bicyclic) bond motifs is 1. The molecule has 0 bridgehead atoms. The van der Waals surface area contributed by atoms with Gasteiger partial charge in [0.15, 0.2) is 0 Å². The molecule has 1 aromatic carbocycles. The lowest BCUT2D eigenvalue weighted by Gasteiger charge is -2.27. The van der Waals surface area contributed by atoms with Crippen LogP contribution in [0.2, 0.25) is 0 Å². The Morgan fingerprint density at radius 3 is 2.58 bits per heavy atom. The van der Waals surface area contributed by atoms with Gasteiger partial charge >= 0.3 is 0 Å². The van der Waals surface area contributed by atoms with Crippen LogP contribution in [0.5, 0.6) is 5.75 Å². The maximum absolute atomic E-state index is 6.22. The Morgan fingerprint density at radius 2 is 1.65 bits per heavy atom. The summed E-state index contributed by atoms with van der Waals surface area (Å²) in [6.45, 7) is 10.4. The molecule has 1 aromatic rings. The van der Waals surface area contributed by atoms with Crippen LogP contribution in [-0.2, 0) is 6.54 Å². The van der Waals surface area contributed by atoms with E-state index in [1.807, 2.05) is 0 Å². The Kier molecular flexibility index (Phi) is 6.47. The molecule has 0 amide bonds. The van der Waals surface area contributed by atoms with Crippen LogP contribution in [0.1, 0.15) is 44.1 Å². The molecule has 4 heteroatoms. The molecule has 144 valence electrons. The smallest absolute Gasteiger partial charge is 0.123 e. The highest BCUT2D eigenvalue weighted by atomic mass is 16.5. The second-order valence-corrected chi connectivity index (χ2v) is 8.28. The molecule has 3 heterocycles. The van der Waals surface area contributed by atoms with Crippen molar-refractivity contribution >= 4 is 0 Å². The second-order valence-electron chi connectivity index (χ2n) is 8.28. The molecular weight excluding hydrogens is 322 g/mol. The molecule has 0 aliphatic carbocycles. The first kappa shape index (κ1) is 18.3. The summed E-state index contributed by atoms with van der Waals surface area (Å²) in [6.07, 6.45) is 8.16. The van der Waals surface area contributed by atoms with E-state index in [1.54, 1.807) is 0 Å². The molecule has 0 unspecified atom stereocenters. The number of rotatable bonds is 6. The van der Waals surface area contributed by atoms with E-state index < -0.39 is 0 Å². The van der Waals surface area contributed by atoms with Crippen molar-refractivity contribution in [2.75, 3.05) is 52.4 Å². The number of likely N-dealkylation sites (tertiary alicyclic amines) is 1. The number of piperidine rings is 1. The van der Waals surface area contributed by atoms with E-state index in [2.05, 4.69) is 39.0 Å². The average molecular weight is 358 g/mol. The number of hydrogen-bond acceptors (Lipinski definition) is 4. The number of nitrogens with zero attached hydrogens (tertiary/aromatic N) is 3. The SMILES string of the molecule is c1ccc(OCCN2CCCCC2)c(CN2CCCN3CCC[C@H]3C2)c1. The summed E-state index contributed by atoms with van der Waals surface area (Å²) in [7, 11) is 0. The summed E-state index contributed by atoms with van der Waals surface area (Å²) < 4.78 is 6.22. The van der Waals surface area contributed by atoms with Crippen molar-refractivity contribution in [2.24, 2.45) is 0 Å². The normalized spacial score (nSPS) is 25.8. The lowest BCUT2D eigenvalue weighted by molar-refractivity contribution is 0.180. The molecule has 3 fully saturated rings. The van der Waals surface area contributed by atoms with Gasteiger partial charge in [-0.3, -0.25) is 14.7 Å². The third-order valence-electron chi connectivity index (χ3n) is 6.37. The average Bonchev–Trinajstić information content (AvgIpc) is 3.02. The molecule has 0 radical (unpaired) electrons. The molecule has 0 saturated carbocycles. The fourth-order valence-corrected chi connectivity index (χ4v) is 4.91. The summed E-state index contributed by atoms with van der Waals surface area (Å²) in [5.74, 6) is 1.09. The molecular formula is C22H35N3O. The summed E-state index contributed by atoms with van der Waals surface area (Å²) in [4.78, 5) is 7.92. The minimum Gasteiger partial charge on any atom is -0.492 e. The van der Waals surface area contributed by atoms with E-state index in [1.165, 1.54) is 83.4 Å². The van der Waals surface area contributed by atoms with Crippen LogP contribution in [0.4, 0.5) is 0 Å². The molecule has 0 spiro atoms. The molecule has 0 N–H and O–H groups in total. The van der Waals surface area contributed by atoms with Gasteiger partial charge < -0.3 is 4.74 Å². The van der Waals surface area contributed by atoms with Gasteiger partial charge in [-0.05, 0) is 70.9 Å². The zero-order chi connectivity index (χ0) is 17.6. The quantitative estimate of drug-likeness (QED) is 0.778. The van der Waals surface area contributed by atoms with Crippen molar-refractivity contribution < 1.29 is 4.74 Å². The summed E-state index contributed by atoms with van der Waals surface area (Å²) in [5.41, 5.74) is 1.36. The van der Waals surface area contributed by atoms with Gasteiger partial charge in [0.25, 0.3) is 0 Å². The van der Waals surface area contributed by atoms with Crippen LogP contribution < -0.4 is 4.74 Å². The second kappa shape index (κ2) is 9.20. The first-order chi connectivity index (χ1) is 12.9. The van der Waals surface area contributed by atoms with Gasteiger partial charge in [0, 0.05) is 31.2 Å². The number of hydrogen-bond donors (Lipinski definition) is 0. The van der Waals surface area contributed by atoms with Crippen LogP contribution >= 0.6 is 0 Å². The Bertz CT molecular complexity index is 558. The minimum absolute atomic E-state index is 0.782. The Labute approximate surface area is 159 Å². The zero-order valence-electron chi connectivity index (χ0n) is 16.2. The first-order valence-electron chi connectivity index (χ1n) is 10.8. The van der Waals surface area contributed by atoms with Gasteiger partial charge in [0.2, 0.25) is 0 Å². The summed E-state index contributed by atoms with van der Waals surface area (Å²) >= 11 is 0. The van der Waals surface area contributed by atoms with Crippen LogP contribution in [0.3, 0.4) is 0 Å². The summed E-state index contributed by atoms with van der Waals surface area (Å²) in [6, 6.07) is 9.47. The highest BCUT2D eigenvalue weighted by molar-refractivity contribution is 5.33. The maximum atomic E-state index is 6.22. The largest absolute Gasteiger partial charge is 0.492 e. The molecule has 3 aliphatic rings. The molecule has 1 atom stereocenters. The van der Waals surface area contributed by atoms with Gasteiger partial charge in [-0.1, -0.05) is 24.6 Å². The standard InChI is InChI=1S/C22H35N3O/c1-4-11-23(12-5-1)16-17-26-22-10-3-2-8-20(22)18-24-13-7-15-25-14-6-9-21(25)19-24/h2-3,8,10,21H,1,4-7,9,11-19H2/t21-/m0/s1. The predicted octanol–water partition coefficient (Wildman–Crippen LogP) is 3.22. The molecule has 3 aliphatic heterocycles. The zero-order valence-corrected chi connectivity index (χ0v) is 16.2. The van der Waals surface area contributed by atoms with Crippen molar-refractivity contribution in [3.63, 3.8) is 0 Å². The number of ether oxygens (including phenoxy) is 1. The molecule has 3 saturated heterocycles. The van der Waals surface area contributed by atoms with E-state index in [0.717, 1.165) is 31.5 Å². The van der Waals surface area contributed by atoms with Crippen LogP contribution in [0.15, 0.2) is 24.3 Å². The van der Waals surface area contributed by atoms with Gasteiger partial charge in [0.1, 0.15) is 12.4 Å². The molecule has 4 rings (SSSR count). The van der Waals surface area contributed by atoms with Gasteiger partial charge in [-0.2, -0.15) is 0 Å². The van der Waals surface area contributed by atoms with Gasteiger partial charge in [0.05, 0.1) is 0 Å². The van der Waals surface area contributed by atoms with E-state index in [4.69, 9.17) is 4.74 Å². The lowest BCUT2D eigenvalue weighted by Crippen LogP contribution is -2.36. The van der Waals surface area contributed by atoms with Crippen LogP contribution in [0, 0.1) is 0 Å². The Morgan fingerprint density at radius 1 is 0.846 bits per heavy atom. The molecule has 0 aromatic heterocycles. The van der Waals surface area contributed by atoms with Gasteiger partial charge in [-0.25, -0.2) is 0 Å². The Balaban J connectivity index is 1.31. The fourth-order valence-electron chi connectivity index (χ4n) is 4.91. The Hall–Kier alpha value is -1.10. The van der Waals surface area contributed by atoms with E-state index in [-0.39, 0.29) is 0 Å². The first-order valence-corrected chi connectivity index (χ1v) is 10.8. The van der Waals surface area contributed by atoms with Crippen molar-refractivity contribution in [3.8, 4) is 5.75 Å². The highest BCUT2D eigenvalue weighted by Crippen LogP contribution is 2.25. The third-order valence-corrected chi connectivity index (χ3v) is 6.37. The van der Waals surface area contributed by atoms with Crippen molar-refractivity contribution in [1.29, 1.82) is 0 Å². The van der Waals surface area contributed by atoms with Crippen molar-refractivity contribution in [1.82, 2.24) is 14.7 Å². The van der Waals surface area contributed by atoms with E-state index >= 15 is 0 Å². The third kappa shape index (κ3) is 4.79. The molecule has 26 heavy (non-hydrogen) atoms. The lowest BCUT2D eigenvalue weighted by atomic mass is 10.1. The van der Waals surface area contributed by atoms with Crippen molar-refractivity contribution in [2.45, 2.75) is 51.1 Å². The van der Waals surface area contributed by atoms with E-state index in [0.29, 0.717) is 0 Å². The summed E-state index contributed by atoms with van der Waals surface area (Å²) in [5, 5.41) is 0.